The highest BCUT2D eigenvalue weighted by Gasteiger charge is 2.54. The third-order valence-electron chi connectivity index (χ3n) is 6.56. The summed E-state index contributed by atoms with van der Waals surface area (Å²) in [5.41, 5.74) is 4.98. The largest absolute Gasteiger partial charge is 0.462 e. The molecule has 3 N–H and O–H groups in total. The molecule has 5 rings (SSSR count). The fourth-order valence-electron chi connectivity index (χ4n) is 5.94. The lowest BCUT2D eigenvalue weighted by molar-refractivity contribution is -0.140. The molecule has 1 aromatic heterocycles. The molecule has 0 saturated heterocycles. The molecular formula is C20H26N2O5. The Morgan fingerprint density at radius 2 is 1.67 bits per heavy atom. The molecule has 146 valence electrons. The first-order chi connectivity index (χ1) is 12.8. The molecule has 7 nitrogen and oxygen atoms in total. The van der Waals surface area contributed by atoms with E-state index < -0.39 is 17.3 Å². The second kappa shape index (κ2) is 6.39. The molecule has 1 aromatic rings. The number of aryl methyl sites for hydroxylation is 1. The van der Waals surface area contributed by atoms with Gasteiger partial charge in [0.05, 0.1) is 12.0 Å². The molecule has 0 atom stereocenters. The van der Waals surface area contributed by atoms with Gasteiger partial charge in [-0.3, -0.25) is 14.9 Å². The van der Waals surface area contributed by atoms with E-state index in [0.717, 1.165) is 19.3 Å². The maximum absolute atomic E-state index is 13.2. The zero-order chi connectivity index (χ0) is 19.3. The van der Waals surface area contributed by atoms with Crippen molar-refractivity contribution in [2.75, 3.05) is 11.9 Å². The highest BCUT2D eigenvalue weighted by molar-refractivity contribution is 6.11. The van der Waals surface area contributed by atoms with E-state index >= 15 is 0 Å². The molecule has 0 unspecified atom stereocenters. The van der Waals surface area contributed by atoms with Gasteiger partial charge in [-0.15, -0.1) is 0 Å². The van der Waals surface area contributed by atoms with Crippen LogP contribution in [-0.2, 0) is 9.53 Å². The molecule has 0 spiro atoms. The molecule has 4 saturated carbocycles. The summed E-state index contributed by atoms with van der Waals surface area (Å²) in [5, 5.41) is 2.79. The summed E-state index contributed by atoms with van der Waals surface area (Å²) in [4.78, 5) is 37.4. The Morgan fingerprint density at radius 3 is 2.15 bits per heavy atom. The van der Waals surface area contributed by atoms with Crippen LogP contribution in [0.4, 0.5) is 5.88 Å². The van der Waals surface area contributed by atoms with Gasteiger partial charge in [0, 0.05) is 0 Å². The molecule has 7 heteroatoms. The average Bonchev–Trinajstić information content (AvgIpc) is 2.90. The Morgan fingerprint density at radius 1 is 1.11 bits per heavy atom. The van der Waals surface area contributed by atoms with Crippen LogP contribution in [0.2, 0.25) is 0 Å². The van der Waals surface area contributed by atoms with Crippen LogP contribution in [0.3, 0.4) is 0 Å². The Balaban J connectivity index is 1.63. The summed E-state index contributed by atoms with van der Waals surface area (Å²) in [7, 11) is 0. The number of carbonyl (C=O) groups is 3. The number of hydrogen-bond acceptors (Lipinski definition) is 5. The van der Waals surface area contributed by atoms with E-state index in [1.807, 2.05) is 0 Å². The molecular weight excluding hydrogens is 348 g/mol. The summed E-state index contributed by atoms with van der Waals surface area (Å²) in [6.45, 7) is 3.39. The highest BCUT2D eigenvalue weighted by Crippen LogP contribution is 2.60. The molecule has 4 aliphatic rings. The van der Waals surface area contributed by atoms with E-state index in [0.29, 0.717) is 17.8 Å². The number of furan rings is 1. The smallest absolute Gasteiger partial charge is 0.342 e. The van der Waals surface area contributed by atoms with Crippen molar-refractivity contribution in [3.63, 3.8) is 0 Å². The predicted molar refractivity (Wildman–Crippen MR) is 97.2 cm³/mol. The first kappa shape index (κ1) is 18.1. The first-order valence-electron chi connectivity index (χ1n) is 9.74. The number of carbonyl (C=O) groups excluding carboxylic acids is 3. The zero-order valence-corrected chi connectivity index (χ0v) is 15.8. The van der Waals surface area contributed by atoms with Crippen LogP contribution >= 0.6 is 0 Å². The maximum Gasteiger partial charge on any atom is 0.342 e. The van der Waals surface area contributed by atoms with Gasteiger partial charge in [-0.25, -0.2) is 4.79 Å². The minimum absolute atomic E-state index is 0.00911. The van der Waals surface area contributed by atoms with E-state index in [9.17, 15) is 14.4 Å². The Kier molecular flexibility index (Phi) is 4.28. The SMILES string of the molecule is CCOC(=O)c1c(C)oc(NC(=O)C23CC4CC(CC(C4)C2)C3)c1C(N)=O. The summed E-state index contributed by atoms with van der Waals surface area (Å²) >= 11 is 0. The minimum Gasteiger partial charge on any atom is -0.462 e. The quantitative estimate of drug-likeness (QED) is 0.770. The van der Waals surface area contributed by atoms with Gasteiger partial charge in [0.1, 0.15) is 16.9 Å². The number of nitrogens with one attached hydrogen (secondary N) is 1. The fraction of sp³-hybridized carbons (Fsp3) is 0.650. The standard InChI is InChI=1S/C20H26N2O5/c1-3-26-18(24)14-10(2)27-17(15(14)16(21)23)22-19(25)20-7-11-4-12(8-20)6-13(5-11)9-20/h11-13H,3-9H2,1-2H3,(H2,21,23)(H,22,25). The van der Waals surface area contributed by atoms with Crippen molar-refractivity contribution in [2.45, 2.75) is 52.4 Å². The van der Waals surface area contributed by atoms with E-state index in [-0.39, 0.29) is 35.3 Å². The van der Waals surface area contributed by atoms with Crippen molar-refractivity contribution in [1.82, 2.24) is 0 Å². The van der Waals surface area contributed by atoms with E-state index in [1.165, 1.54) is 19.3 Å². The summed E-state index contributed by atoms with van der Waals surface area (Å²) in [6, 6.07) is 0. The van der Waals surface area contributed by atoms with E-state index in [2.05, 4.69) is 5.32 Å². The van der Waals surface area contributed by atoms with Crippen molar-refractivity contribution >= 4 is 23.7 Å². The van der Waals surface area contributed by atoms with Gasteiger partial charge in [0.2, 0.25) is 11.8 Å². The van der Waals surface area contributed by atoms with Gasteiger partial charge >= 0.3 is 5.97 Å². The molecule has 4 bridgehead atoms. The average molecular weight is 374 g/mol. The van der Waals surface area contributed by atoms with Gasteiger partial charge < -0.3 is 14.9 Å². The van der Waals surface area contributed by atoms with E-state index in [1.54, 1.807) is 13.8 Å². The van der Waals surface area contributed by atoms with Crippen LogP contribution in [0.1, 0.15) is 71.9 Å². The number of amides is 2. The Hall–Kier alpha value is -2.31. The van der Waals surface area contributed by atoms with Gasteiger partial charge in [-0.2, -0.15) is 0 Å². The number of rotatable bonds is 5. The number of hydrogen-bond donors (Lipinski definition) is 2. The van der Waals surface area contributed by atoms with Crippen LogP contribution in [0.5, 0.6) is 0 Å². The molecule has 0 aromatic carbocycles. The van der Waals surface area contributed by atoms with Crippen molar-refractivity contribution in [3.05, 3.63) is 16.9 Å². The van der Waals surface area contributed by atoms with Crippen LogP contribution in [0.25, 0.3) is 0 Å². The highest BCUT2D eigenvalue weighted by atomic mass is 16.5. The fourth-order valence-corrected chi connectivity index (χ4v) is 5.94. The molecule has 4 fully saturated rings. The lowest BCUT2D eigenvalue weighted by atomic mass is 9.49. The van der Waals surface area contributed by atoms with Crippen molar-refractivity contribution in [2.24, 2.45) is 28.9 Å². The molecule has 1 heterocycles. The third-order valence-corrected chi connectivity index (χ3v) is 6.56. The monoisotopic (exact) mass is 374 g/mol. The lowest BCUT2D eigenvalue weighted by Crippen LogP contribution is -2.51. The van der Waals surface area contributed by atoms with Crippen molar-refractivity contribution in [3.8, 4) is 0 Å². The third kappa shape index (κ3) is 2.93. The molecule has 0 radical (unpaired) electrons. The molecule has 2 amide bonds. The summed E-state index contributed by atoms with van der Waals surface area (Å²) < 4.78 is 10.6. The topological polar surface area (TPSA) is 112 Å². The van der Waals surface area contributed by atoms with Crippen LogP contribution in [0.15, 0.2) is 4.42 Å². The van der Waals surface area contributed by atoms with Crippen LogP contribution < -0.4 is 11.1 Å². The Labute approximate surface area is 158 Å². The van der Waals surface area contributed by atoms with Gasteiger partial charge in [0.25, 0.3) is 5.91 Å². The number of esters is 1. The summed E-state index contributed by atoms with van der Waals surface area (Å²) in [5.74, 6) is 0.404. The summed E-state index contributed by atoms with van der Waals surface area (Å²) in [6.07, 6.45) is 6.35. The second-order valence-corrected chi connectivity index (χ2v) is 8.47. The van der Waals surface area contributed by atoms with Gasteiger partial charge in [0.15, 0.2) is 0 Å². The second-order valence-electron chi connectivity index (χ2n) is 8.47. The van der Waals surface area contributed by atoms with Gasteiger partial charge in [-0.05, 0) is 70.1 Å². The van der Waals surface area contributed by atoms with Crippen molar-refractivity contribution < 1.29 is 23.5 Å². The van der Waals surface area contributed by atoms with E-state index in [4.69, 9.17) is 14.9 Å². The zero-order valence-electron chi connectivity index (χ0n) is 15.8. The van der Waals surface area contributed by atoms with Crippen molar-refractivity contribution in [1.29, 1.82) is 0 Å². The number of primary amides is 1. The first-order valence-corrected chi connectivity index (χ1v) is 9.74. The maximum atomic E-state index is 13.2. The predicted octanol–water partition coefficient (Wildman–Crippen LogP) is 3.02. The minimum atomic E-state index is -0.823. The van der Waals surface area contributed by atoms with Gasteiger partial charge in [-0.1, -0.05) is 0 Å². The number of anilines is 1. The normalized spacial score (nSPS) is 31.0. The lowest BCUT2D eigenvalue weighted by Gasteiger charge is -2.55. The van der Waals surface area contributed by atoms with Crippen LogP contribution in [0, 0.1) is 30.1 Å². The molecule has 27 heavy (non-hydrogen) atoms. The number of nitrogens with two attached hydrogens (primary N) is 1. The molecule has 4 aliphatic carbocycles. The Bertz CT molecular complexity index is 774. The van der Waals surface area contributed by atoms with Crippen LogP contribution in [-0.4, -0.2) is 24.4 Å². The number of ether oxygens (including phenoxy) is 1. The molecule has 0 aliphatic heterocycles.